The molecule has 0 amide bonds. The zero-order valence-corrected chi connectivity index (χ0v) is 6.78. The first-order chi connectivity index (χ1) is 4.57. The Balaban J connectivity index is 4.49. The first-order valence-corrected chi connectivity index (χ1v) is 3.23. The van der Waals surface area contributed by atoms with Gasteiger partial charge in [-0.15, -0.1) is 0 Å². The van der Waals surface area contributed by atoms with Crippen molar-refractivity contribution in [2.45, 2.75) is 13.8 Å². The van der Waals surface area contributed by atoms with Crippen molar-refractivity contribution >= 4 is 0 Å². The van der Waals surface area contributed by atoms with E-state index in [4.69, 9.17) is 0 Å². The molecular weight excluding hydrogens is 120 g/mol. The third-order valence-electron chi connectivity index (χ3n) is 1.11. The molecule has 0 aromatic heterocycles. The molecule has 0 radical (unpaired) electrons. The Kier molecular flexibility index (Phi) is 3.48. The maximum atomic E-state index is 3.80. The van der Waals surface area contributed by atoms with Crippen LogP contribution in [0.4, 0.5) is 0 Å². The molecule has 0 aliphatic heterocycles. The molecule has 0 aromatic rings. The van der Waals surface area contributed by atoms with Crippen molar-refractivity contribution < 1.29 is 0 Å². The summed E-state index contributed by atoms with van der Waals surface area (Å²) >= 11 is 0. The van der Waals surface area contributed by atoms with Gasteiger partial charge in [-0.3, -0.25) is 0 Å². The van der Waals surface area contributed by atoms with Crippen LogP contribution in [0.25, 0.3) is 0 Å². The fourth-order valence-electron chi connectivity index (χ4n) is 0.622. The smallest absolute Gasteiger partial charge is 0.0237 e. The molecule has 0 aliphatic carbocycles. The van der Waals surface area contributed by atoms with Crippen molar-refractivity contribution in [1.82, 2.24) is 0 Å². The van der Waals surface area contributed by atoms with Gasteiger partial charge in [-0.1, -0.05) is 43.0 Å². The highest BCUT2D eigenvalue weighted by Gasteiger charge is 1.89. The minimum absolute atomic E-state index is 1.03. The van der Waals surface area contributed by atoms with Gasteiger partial charge in [-0.05, 0) is 19.4 Å². The van der Waals surface area contributed by atoms with Gasteiger partial charge >= 0.3 is 0 Å². The van der Waals surface area contributed by atoms with E-state index in [0.717, 1.165) is 16.7 Å². The number of allylic oxidation sites excluding steroid dienone is 5. The van der Waals surface area contributed by atoms with Crippen molar-refractivity contribution in [2.24, 2.45) is 0 Å². The second-order valence-electron chi connectivity index (χ2n) is 2.43. The first kappa shape index (κ1) is 8.96. The zero-order chi connectivity index (χ0) is 8.15. The summed E-state index contributed by atoms with van der Waals surface area (Å²) < 4.78 is 0. The predicted octanol–water partition coefficient (Wildman–Crippen LogP) is 3.25. The van der Waals surface area contributed by atoms with Gasteiger partial charge in [-0.2, -0.15) is 0 Å². The summed E-state index contributed by atoms with van der Waals surface area (Å²) in [5, 5.41) is 0. The van der Waals surface area contributed by atoms with E-state index in [1.807, 2.05) is 19.9 Å². The molecule has 10 heavy (non-hydrogen) atoms. The molecule has 0 fully saturated rings. The van der Waals surface area contributed by atoms with Crippen LogP contribution in [0.1, 0.15) is 13.8 Å². The standard InChI is InChI=1S/C10H14/c1-6-10(9(4)5)7-8(2)3/h6-7H,1-2,4H2,3,5H3/b10-7+. The lowest BCUT2D eigenvalue weighted by atomic mass is 10.1. The highest BCUT2D eigenvalue weighted by atomic mass is 13.9. The van der Waals surface area contributed by atoms with Crippen molar-refractivity contribution in [2.75, 3.05) is 0 Å². The van der Waals surface area contributed by atoms with Crippen molar-refractivity contribution in [3.05, 3.63) is 48.6 Å². The fourth-order valence-corrected chi connectivity index (χ4v) is 0.622. The van der Waals surface area contributed by atoms with E-state index < -0.39 is 0 Å². The quantitative estimate of drug-likeness (QED) is 0.520. The lowest BCUT2D eigenvalue weighted by Crippen LogP contribution is -1.78. The first-order valence-electron chi connectivity index (χ1n) is 3.23. The second kappa shape index (κ2) is 3.89. The van der Waals surface area contributed by atoms with Gasteiger partial charge < -0.3 is 0 Å². The normalized spacial score (nSPS) is 10.8. The van der Waals surface area contributed by atoms with Crippen LogP contribution in [0.3, 0.4) is 0 Å². The van der Waals surface area contributed by atoms with E-state index >= 15 is 0 Å². The summed E-state index contributed by atoms with van der Waals surface area (Å²) in [7, 11) is 0. The van der Waals surface area contributed by atoms with Crippen LogP contribution in [-0.4, -0.2) is 0 Å². The van der Waals surface area contributed by atoms with Crippen molar-refractivity contribution in [1.29, 1.82) is 0 Å². The van der Waals surface area contributed by atoms with Crippen LogP contribution in [0, 0.1) is 0 Å². The van der Waals surface area contributed by atoms with Gasteiger partial charge in [0, 0.05) is 0 Å². The minimum atomic E-state index is 1.03. The van der Waals surface area contributed by atoms with Crippen LogP contribution in [0.2, 0.25) is 0 Å². The average molecular weight is 134 g/mol. The Morgan fingerprint density at radius 3 is 1.80 bits per heavy atom. The highest BCUT2D eigenvalue weighted by Crippen LogP contribution is 2.09. The summed E-state index contributed by atoms with van der Waals surface area (Å²) in [6.07, 6.45) is 3.76. The third-order valence-corrected chi connectivity index (χ3v) is 1.11. The van der Waals surface area contributed by atoms with Gasteiger partial charge in [-0.25, -0.2) is 0 Å². The van der Waals surface area contributed by atoms with Gasteiger partial charge in [0.05, 0.1) is 0 Å². The van der Waals surface area contributed by atoms with Crippen LogP contribution in [-0.2, 0) is 0 Å². The minimum Gasteiger partial charge on any atom is -0.0985 e. The van der Waals surface area contributed by atoms with Crippen LogP contribution >= 0.6 is 0 Å². The Labute approximate surface area is 63.3 Å². The Morgan fingerprint density at radius 1 is 1.20 bits per heavy atom. The molecule has 0 bridgehead atoms. The molecule has 0 N–H and O–H groups in total. The lowest BCUT2D eigenvalue weighted by Gasteiger charge is -1.98. The second-order valence-corrected chi connectivity index (χ2v) is 2.43. The number of rotatable bonds is 3. The average Bonchev–Trinajstić information content (AvgIpc) is 1.81. The molecule has 0 aliphatic rings. The Bertz CT molecular complexity index is 192. The summed E-state index contributed by atoms with van der Waals surface area (Å²) in [6.45, 7) is 15.1. The summed E-state index contributed by atoms with van der Waals surface area (Å²) in [6, 6.07) is 0. The molecule has 0 saturated heterocycles. The largest absolute Gasteiger partial charge is 0.0985 e. The number of hydrogen-bond donors (Lipinski definition) is 0. The molecule has 0 saturated carbocycles. The Hall–Kier alpha value is -1.04. The van der Waals surface area contributed by atoms with Crippen LogP contribution in [0.5, 0.6) is 0 Å². The SMILES string of the molecule is C=C/C(=C\C(=C)C)C(=C)C. The van der Waals surface area contributed by atoms with Crippen molar-refractivity contribution in [3.8, 4) is 0 Å². The van der Waals surface area contributed by atoms with Gasteiger partial charge in [0.15, 0.2) is 0 Å². The molecular formula is C10H14. The van der Waals surface area contributed by atoms with E-state index in [9.17, 15) is 0 Å². The van der Waals surface area contributed by atoms with Gasteiger partial charge in [0.2, 0.25) is 0 Å². The van der Waals surface area contributed by atoms with Crippen LogP contribution < -0.4 is 0 Å². The zero-order valence-electron chi connectivity index (χ0n) is 6.78. The molecule has 0 aromatic carbocycles. The van der Waals surface area contributed by atoms with E-state index in [1.54, 1.807) is 6.08 Å². The topological polar surface area (TPSA) is 0 Å². The predicted molar refractivity (Wildman–Crippen MR) is 47.9 cm³/mol. The maximum absolute atomic E-state index is 3.80. The lowest BCUT2D eigenvalue weighted by molar-refractivity contribution is 1.42. The molecule has 54 valence electrons. The fraction of sp³-hybridized carbons (Fsp3) is 0.200. The number of hydrogen-bond acceptors (Lipinski definition) is 0. The van der Waals surface area contributed by atoms with E-state index in [1.165, 1.54) is 0 Å². The summed E-state index contributed by atoms with van der Waals surface area (Å²) in [5.74, 6) is 0. The summed E-state index contributed by atoms with van der Waals surface area (Å²) in [5.41, 5.74) is 3.11. The van der Waals surface area contributed by atoms with E-state index in [0.29, 0.717) is 0 Å². The van der Waals surface area contributed by atoms with Gasteiger partial charge in [0.1, 0.15) is 0 Å². The molecule has 0 heterocycles. The third kappa shape index (κ3) is 3.08. The summed E-state index contributed by atoms with van der Waals surface area (Å²) in [4.78, 5) is 0. The Morgan fingerprint density at radius 2 is 1.70 bits per heavy atom. The molecule has 0 rings (SSSR count). The maximum Gasteiger partial charge on any atom is -0.0237 e. The monoisotopic (exact) mass is 134 g/mol. The van der Waals surface area contributed by atoms with Crippen LogP contribution in [0.15, 0.2) is 48.6 Å². The van der Waals surface area contributed by atoms with Gasteiger partial charge in [0.25, 0.3) is 0 Å². The molecule has 0 spiro atoms. The molecule has 0 unspecified atom stereocenters. The molecule has 0 atom stereocenters. The van der Waals surface area contributed by atoms with Crippen molar-refractivity contribution in [3.63, 3.8) is 0 Å². The van der Waals surface area contributed by atoms with E-state index in [2.05, 4.69) is 19.7 Å². The van der Waals surface area contributed by atoms with E-state index in [-0.39, 0.29) is 0 Å². The highest BCUT2D eigenvalue weighted by molar-refractivity contribution is 5.39. The molecule has 0 nitrogen and oxygen atoms in total. The molecule has 0 heteroatoms.